The van der Waals surface area contributed by atoms with E-state index in [-0.39, 0.29) is 17.5 Å². The van der Waals surface area contributed by atoms with Crippen LogP contribution in [-0.2, 0) is 4.74 Å². The van der Waals surface area contributed by atoms with Gasteiger partial charge < -0.3 is 20.6 Å². The predicted molar refractivity (Wildman–Crippen MR) is 80.5 cm³/mol. The van der Waals surface area contributed by atoms with Crippen LogP contribution in [0.4, 0.5) is 5.69 Å². The Hall–Kier alpha value is -1.75. The second kappa shape index (κ2) is 5.32. The van der Waals surface area contributed by atoms with E-state index in [1.54, 1.807) is 0 Å². The van der Waals surface area contributed by atoms with Crippen molar-refractivity contribution in [2.75, 3.05) is 18.0 Å². The Balaban J connectivity index is 2.46. The number of hydrogen-bond donors (Lipinski definition) is 2. The molecular weight excluding hydrogens is 254 g/mol. The molecule has 1 aliphatic heterocycles. The molecule has 1 aromatic rings. The van der Waals surface area contributed by atoms with Gasteiger partial charge in [0.05, 0.1) is 17.4 Å². The van der Waals surface area contributed by atoms with Crippen molar-refractivity contribution in [1.82, 2.24) is 0 Å². The normalized spacial score (nSPS) is 22.9. The zero-order valence-corrected chi connectivity index (χ0v) is 12.6. The Morgan fingerprint density at radius 1 is 1.50 bits per heavy atom. The molecule has 1 heterocycles. The molecule has 5 heteroatoms. The summed E-state index contributed by atoms with van der Waals surface area (Å²) in [5.74, 6) is 0.139. The second-order valence-electron chi connectivity index (χ2n) is 6.03. The van der Waals surface area contributed by atoms with Gasteiger partial charge in [-0.2, -0.15) is 0 Å². The van der Waals surface area contributed by atoms with Gasteiger partial charge in [0.25, 0.3) is 0 Å². The number of rotatable bonds is 2. The highest BCUT2D eigenvalue weighted by Crippen LogP contribution is 2.31. The summed E-state index contributed by atoms with van der Waals surface area (Å²) in [6, 6.07) is 5.84. The number of anilines is 1. The first kappa shape index (κ1) is 14.7. The number of nitrogens with two attached hydrogens (primary N) is 1. The van der Waals surface area contributed by atoms with Crippen molar-refractivity contribution >= 4 is 11.5 Å². The predicted octanol–water partition coefficient (Wildman–Crippen LogP) is 2.09. The van der Waals surface area contributed by atoms with Gasteiger partial charge in [-0.15, -0.1) is 0 Å². The van der Waals surface area contributed by atoms with Crippen LogP contribution in [0.3, 0.4) is 0 Å². The molecule has 110 valence electrons. The molecule has 1 saturated heterocycles. The minimum atomic E-state index is -0.220. The number of hydrogen-bond acceptors (Lipinski definition) is 4. The monoisotopic (exact) mass is 277 g/mol. The number of amidine groups is 1. The molecule has 3 N–H and O–H groups in total. The highest BCUT2D eigenvalue weighted by molar-refractivity contribution is 6.02. The lowest BCUT2D eigenvalue weighted by molar-refractivity contribution is -0.0750. The molecule has 0 spiro atoms. The molecule has 0 bridgehead atoms. The zero-order valence-electron chi connectivity index (χ0n) is 12.6. The van der Waals surface area contributed by atoms with Crippen LogP contribution in [-0.4, -0.2) is 35.8 Å². The number of aryl methyl sites for hydroxylation is 1. The standard InChI is InChI=1S/C15H23N3O2/c1-10-6-5-7-12(14(16)17-19)13(10)18-8-11(2)20-15(3,4)9-18/h5-7,11,19H,8-9H2,1-4H3,(H2,16,17). The van der Waals surface area contributed by atoms with Crippen molar-refractivity contribution in [1.29, 1.82) is 0 Å². The van der Waals surface area contributed by atoms with Crippen LogP contribution in [0, 0.1) is 6.92 Å². The van der Waals surface area contributed by atoms with Gasteiger partial charge in [-0.25, -0.2) is 0 Å². The van der Waals surface area contributed by atoms with E-state index in [9.17, 15) is 0 Å². The number of nitrogens with zero attached hydrogens (tertiary/aromatic N) is 2. The van der Waals surface area contributed by atoms with E-state index >= 15 is 0 Å². The number of ether oxygens (including phenoxy) is 1. The Labute approximate surface area is 120 Å². The SMILES string of the molecule is Cc1cccc(/C(N)=N/O)c1N1CC(C)OC(C)(C)C1. The lowest BCUT2D eigenvalue weighted by Gasteiger charge is -2.44. The molecule has 1 aliphatic rings. The molecule has 1 aromatic carbocycles. The van der Waals surface area contributed by atoms with Crippen molar-refractivity contribution in [3.05, 3.63) is 29.3 Å². The zero-order chi connectivity index (χ0) is 14.9. The quantitative estimate of drug-likeness (QED) is 0.376. The molecule has 2 rings (SSSR count). The third-order valence-corrected chi connectivity index (χ3v) is 3.51. The summed E-state index contributed by atoms with van der Waals surface area (Å²) in [5.41, 5.74) is 8.49. The number of oxime groups is 1. The number of benzene rings is 1. The fraction of sp³-hybridized carbons (Fsp3) is 0.533. The minimum Gasteiger partial charge on any atom is -0.409 e. The fourth-order valence-corrected chi connectivity index (χ4v) is 2.96. The van der Waals surface area contributed by atoms with E-state index in [0.717, 1.165) is 29.9 Å². The molecular formula is C15H23N3O2. The van der Waals surface area contributed by atoms with Gasteiger partial charge in [-0.05, 0) is 39.3 Å². The van der Waals surface area contributed by atoms with Gasteiger partial charge in [0.2, 0.25) is 0 Å². The van der Waals surface area contributed by atoms with E-state index in [1.165, 1.54) is 0 Å². The van der Waals surface area contributed by atoms with Gasteiger partial charge in [0.15, 0.2) is 5.84 Å². The molecule has 0 aromatic heterocycles. The maximum absolute atomic E-state index is 8.98. The largest absolute Gasteiger partial charge is 0.409 e. The lowest BCUT2D eigenvalue weighted by Crippen LogP contribution is -2.52. The molecule has 0 amide bonds. The fourth-order valence-electron chi connectivity index (χ4n) is 2.96. The summed E-state index contributed by atoms with van der Waals surface area (Å²) >= 11 is 0. The van der Waals surface area contributed by atoms with E-state index in [1.807, 2.05) is 25.1 Å². The van der Waals surface area contributed by atoms with E-state index in [4.69, 9.17) is 15.7 Å². The third kappa shape index (κ3) is 2.88. The first-order valence-electron chi connectivity index (χ1n) is 6.84. The molecule has 20 heavy (non-hydrogen) atoms. The van der Waals surface area contributed by atoms with Crippen molar-refractivity contribution in [2.24, 2.45) is 10.9 Å². The Kier molecular flexibility index (Phi) is 3.90. The van der Waals surface area contributed by atoms with Crippen LogP contribution in [0.1, 0.15) is 31.9 Å². The van der Waals surface area contributed by atoms with Gasteiger partial charge in [-0.3, -0.25) is 0 Å². The van der Waals surface area contributed by atoms with Crippen LogP contribution >= 0.6 is 0 Å². The summed E-state index contributed by atoms with van der Waals surface area (Å²) in [7, 11) is 0. The Bertz CT molecular complexity index is 526. The second-order valence-corrected chi connectivity index (χ2v) is 6.03. The smallest absolute Gasteiger partial charge is 0.172 e. The van der Waals surface area contributed by atoms with Gasteiger partial charge in [0.1, 0.15) is 0 Å². The number of para-hydroxylation sites is 1. The third-order valence-electron chi connectivity index (χ3n) is 3.51. The van der Waals surface area contributed by atoms with Gasteiger partial charge >= 0.3 is 0 Å². The average Bonchev–Trinajstić information content (AvgIpc) is 2.34. The summed E-state index contributed by atoms with van der Waals surface area (Å²) in [4.78, 5) is 2.26. The van der Waals surface area contributed by atoms with Crippen molar-refractivity contribution in [2.45, 2.75) is 39.4 Å². The molecule has 0 saturated carbocycles. The van der Waals surface area contributed by atoms with Crippen molar-refractivity contribution < 1.29 is 9.94 Å². The lowest BCUT2D eigenvalue weighted by atomic mass is 10.0. The molecule has 5 nitrogen and oxygen atoms in total. The van der Waals surface area contributed by atoms with Crippen LogP contribution in [0.15, 0.2) is 23.4 Å². The summed E-state index contributed by atoms with van der Waals surface area (Å²) < 4.78 is 5.94. The first-order chi connectivity index (χ1) is 9.34. The van der Waals surface area contributed by atoms with Gasteiger partial charge in [0, 0.05) is 18.7 Å². The summed E-state index contributed by atoms with van der Waals surface area (Å²) in [5, 5.41) is 12.1. The van der Waals surface area contributed by atoms with E-state index in [2.05, 4.69) is 30.8 Å². The topological polar surface area (TPSA) is 71.1 Å². The van der Waals surface area contributed by atoms with Crippen LogP contribution in [0.25, 0.3) is 0 Å². The Morgan fingerprint density at radius 2 is 2.20 bits per heavy atom. The minimum absolute atomic E-state index is 0.137. The Morgan fingerprint density at radius 3 is 2.80 bits per heavy atom. The van der Waals surface area contributed by atoms with Crippen molar-refractivity contribution in [3.63, 3.8) is 0 Å². The molecule has 0 radical (unpaired) electrons. The van der Waals surface area contributed by atoms with Gasteiger partial charge in [-0.1, -0.05) is 17.3 Å². The molecule has 1 unspecified atom stereocenters. The molecule has 1 fully saturated rings. The maximum Gasteiger partial charge on any atom is 0.172 e. The molecule has 1 atom stereocenters. The van der Waals surface area contributed by atoms with Crippen LogP contribution in [0.5, 0.6) is 0 Å². The highest BCUT2D eigenvalue weighted by atomic mass is 16.5. The number of morpholine rings is 1. The van der Waals surface area contributed by atoms with Crippen LogP contribution < -0.4 is 10.6 Å². The first-order valence-corrected chi connectivity index (χ1v) is 6.84. The van der Waals surface area contributed by atoms with Crippen LogP contribution in [0.2, 0.25) is 0 Å². The highest BCUT2D eigenvalue weighted by Gasteiger charge is 2.33. The van der Waals surface area contributed by atoms with E-state index in [0.29, 0.717) is 0 Å². The van der Waals surface area contributed by atoms with Crippen molar-refractivity contribution in [3.8, 4) is 0 Å². The maximum atomic E-state index is 8.98. The van der Waals surface area contributed by atoms with E-state index < -0.39 is 0 Å². The summed E-state index contributed by atoms with van der Waals surface area (Å²) in [6.07, 6.45) is 0.137. The summed E-state index contributed by atoms with van der Waals surface area (Å²) in [6.45, 7) is 9.83. The average molecular weight is 277 g/mol. The molecule has 0 aliphatic carbocycles.